The summed E-state index contributed by atoms with van der Waals surface area (Å²) in [5.41, 5.74) is 0. The number of hydrogen-bond acceptors (Lipinski definition) is 3. The van der Waals surface area contributed by atoms with E-state index in [2.05, 4.69) is 0 Å². The molecule has 0 aromatic heterocycles. The molecule has 0 rings (SSSR count). The number of hydrazine groups is 1. The van der Waals surface area contributed by atoms with Gasteiger partial charge in [0.2, 0.25) is 0 Å². The van der Waals surface area contributed by atoms with Crippen LogP contribution < -0.4 is 5.84 Å². The van der Waals surface area contributed by atoms with Crippen molar-refractivity contribution in [2.45, 2.75) is 20.3 Å². The molecular formula is C5H13N2O-. The highest BCUT2D eigenvalue weighted by Gasteiger charge is 1.94. The largest absolute Gasteiger partial charge is 0.772 e. The molecule has 8 heavy (non-hydrogen) atoms. The second-order valence-corrected chi connectivity index (χ2v) is 2.11. The minimum Gasteiger partial charge on any atom is -0.772 e. The molecule has 0 aromatic carbocycles. The third-order valence-electron chi connectivity index (χ3n) is 1.19. The van der Waals surface area contributed by atoms with E-state index in [9.17, 15) is 5.21 Å². The summed E-state index contributed by atoms with van der Waals surface area (Å²) in [4.78, 5) is 0. The summed E-state index contributed by atoms with van der Waals surface area (Å²) < 4.78 is 0. The van der Waals surface area contributed by atoms with E-state index in [0.717, 1.165) is 6.42 Å². The van der Waals surface area contributed by atoms with Crippen LogP contribution in [0.15, 0.2) is 0 Å². The molecule has 0 saturated carbocycles. The minimum atomic E-state index is 0.414. The van der Waals surface area contributed by atoms with Gasteiger partial charge in [-0.1, -0.05) is 20.3 Å². The standard InChI is InChI=1S/C5H13N2O/c1-3-5(2)4-7(6)8/h5H,3-4,6H2,1-2H3/q-1. The maximum atomic E-state index is 10.1. The van der Waals surface area contributed by atoms with Crippen LogP contribution in [0.25, 0.3) is 0 Å². The molecule has 0 aromatic rings. The van der Waals surface area contributed by atoms with Crippen molar-refractivity contribution in [3.63, 3.8) is 0 Å². The van der Waals surface area contributed by atoms with Crippen LogP contribution in [0.3, 0.4) is 0 Å². The second-order valence-electron chi connectivity index (χ2n) is 2.11. The van der Waals surface area contributed by atoms with Crippen LogP contribution in [0.5, 0.6) is 0 Å². The molecule has 0 amide bonds. The third-order valence-corrected chi connectivity index (χ3v) is 1.19. The molecule has 1 unspecified atom stereocenters. The van der Waals surface area contributed by atoms with Crippen LogP contribution in [-0.2, 0) is 0 Å². The van der Waals surface area contributed by atoms with E-state index in [4.69, 9.17) is 5.84 Å². The fourth-order valence-corrected chi connectivity index (χ4v) is 0.436. The van der Waals surface area contributed by atoms with Crippen LogP contribution in [0.1, 0.15) is 20.3 Å². The monoisotopic (exact) mass is 117 g/mol. The van der Waals surface area contributed by atoms with Crippen molar-refractivity contribution in [2.24, 2.45) is 11.8 Å². The maximum Gasteiger partial charge on any atom is 0.00178 e. The van der Waals surface area contributed by atoms with Crippen LogP contribution in [0, 0.1) is 11.1 Å². The first-order valence-electron chi connectivity index (χ1n) is 2.86. The van der Waals surface area contributed by atoms with Crippen LogP contribution in [0.4, 0.5) is 0 Å². The molecular weight excluding hydrogens is 104 g/mol. The Morgan fingerprint density at radius 1 is 1.75 bits per heavy atom. The lowest BCUT2D eigenvalue weighted by Crippen LogP contribution is -2.28. The second kappa shape index (κ2) is 3.83. The van der Waals surface area contributed by atoms with Gasteiger partial charge in [0.1, 0.15) is 0 Å². The van der Waals surface area contributed by atoms with Gasteiger partial charge in [-0.3, -0.25) is 5.84 Å². The van der Waals surface area contributed by atoms with Gasteiger partial charge in [0.15, 0.2) is 0 Å². The van der Waals surface area contributed by atoms with Crippen LogP contribution in [-0.4, -0.2) is 11.7 Å². The number of rotatable bonds is 3. The summed E-state index contributed by atoms with van der Waals surface area (Å²) >= 11 is 0. The molecule has 0 aliphatic rings. The SMILES string of the molecule is CCC(C)CN(N)[O-]. The molecule has 0 aliphatic heterocycles. The van der Waals surface area contributed by atoms with Crippen molar-refractivity contribution in [1.29, 1.82) is 0 Å². The molecule has 1 atom stereocenters. The smallest absolute Gasteiger partial charge is 0.00178 e. The Kier molecular flexibility index (Phi) is 3.77. The summed E-state index contributed by atoms with van der Waals surface area (Å²) in [5, 5.41) is 10.6. The molecule has 0 radical (unpaired) electrons. The van der Waals surface area contributed by atoms with Gasteiger partial charge in [-0.25, -0.2) is 0 Å². The van der Waals surface area contributed by atoms with Gasteiger partial charge in [0, 0.05) is 6.54 Å². The third kappa shape index (κ3) is 4.05. The first kappa shape index (κ1) is 7.88. The van der Waals surface area contributed by atoms with E-state index < -0.39 is 0 Å². The van der Waals surface area contributed by atoms with E-state index in [1.165, 1.54) is 0 Å². The summed E-state index contributed by atoms with van der Waals surface area (Å²) in [6.45, 7) is 4.47. The average Bonchev–Trinajstić information content (AvgIpc) is 1.65. The Morgan fingerprint density at radius 3 is 2.38 bits per heavy atom. The average molecular weight is 117 g/mol. The van der Waals surface area contributed by atoms with E-state index in [1.807, 2.05) is 13.8 Å². The van der Waals surface area contributed by atoms with Crippen molar-refractivity contribution in [3.05, 3.63) is 5.21 Å². The predicted molar refractivity (Wildman–Crippen MR) is 33.7 cm³/mol. The Balaban J connectivity index is 3.10. The maximum absolute atomic E-state index is 10.1. The Bertz CT molecular complexity index is 56.4. The van der Waals surface area contributed by atoms with Gasteiger partial charge in [-0.05, 0) is 5.92 Å². The van der Waals surface area contributed by atoms with Gasteiger partial charge in [0.05, 0.1) is 0 Å². The molecule has 2 N–H and O–H groups in total. The molecule has 0 bridgehead atoms. The van der Waals surface area contributed by atoms with E-state index >= 15 is 0 Å². The zero-order valence-electron chi connectivity index (χ0n) is 5.42. The summed E-state index contributed by atoms with van der Waals surface area (Å²) in [7, 11) is 0. The molecule has 3 nitrogen and oxygen atoms in total. The topological polar surface area (TPSA) is 52.3 Å². The molecule has 3 heteroatoms. The quantitative estimate of drug-likeness (QED) is 0.437. The highest BCUT2D eigenvalue weighted by molar-refractivity contribution is 4.53. The Labute approximate surface area is 50.0 Å². The predicted octanol–water partition coefficient (Wildman–Crippen LogP) is 0.706. The fourth-order valence-electron chi connectivity index (χ4n) is 0.436. The van der Waals surface area contributed by atoms with Crippen LogP contribution in [0.2, 0.25) is 0 Å². The van der Waals surface area contributed by atoms with E-state index in [1.54, 1.807) is 0 Å². The van der Waals surface area contributed by atoms with Crippen molar-refractivity contribution in [3.8, 4) is 0 Å². The molecule has 0 spiro atoms. The van der Waals surface area contributed by atoms with Crippen molar-refractivity contribution < 1.29 is 0 Å². The molecule has 0 heterocycles. The highest BCUT2D eigenvalue weighted by Crippen LogP contribution is 1.99. The highest BCUT2D eigenvalue weighted by atomic mass is 16.5. The van der Waals surface area contributed by atoms with Crippen molar-refractivity contribution in [2.75, 3.05) is 6.54 Å². The minimum absolute atomic E-state index is 0.414. The zero-order chi connectivity index (χ0) is 6.57. The molecule has 50 valence electrons. The van der Waals surface area contributed by atoms with Gasteiger partial charge >= 0.3 is 0 Å². The molecule has 0 aliphatic carbocycles. The van der Waals surface area contributed by atoms with Crippen LogP contribution >= 0.6 is 0 Å². The normalized spacial score (nSPS) is 14.6. The van der Waals surface area contributed by atoms with Gasteiger partial charge in [0.25, 0.3) is 0 Å². The number of hydrogen-bond donors (Lipinski definition) is 1. The van der Waals surface area contributed by atoms with Gasteiger partial charge in [-0.15, -0.1) is 0 Å². The number of nitrogens with zero attached hydrogens (tertiary/aromatic N) is 1. The Hall–Kier alpha value is -0.120. The van der Waals surface area contributed by atoms with E-state index in [0.29, 0.717) is 17.6 Å². The van der Waals surface area contributed by atoms with Gasteiger partial charge in [-0.2, -0.15) is 0 Å². The zero-order valence-corrected chi connectivity index (χ0v) is 5.42. The van der Waals surface area contributed by atoms with Crippen molar-refractivity contribution in [1.82, 2.24) is 5.17 Å². The lowest BCUT2D eigenvalue weighted by atomic mass is 10.1. The first-order chi connectivity index (χ1) is 3.66. The summed E-state index contributed by atoms with van der Waals surface area (Å²) in [6.07, 6.45) is 1.01. The van der Waals surface area contributed by atoms with Gasteiger partial charge < -0.3 is 10.4 Å². The van der Waals surface area contributed by atoms with E-state index in [-0.39, 0.29) is 0 Å². The lowest BCUT2D eigenvalue weighted by Gasteiger charge is -2.24. The number of nitrogens with two attached hydrogens (primary N) is 1. The van der Waals surface area contributed by atoms with Crippen molar-refractivity contribution >= 4 is 0 Å². The molecule has 0 fully saturated rings. The molecule has 0 saturated heterocycles. The summed E-state index contributed by atoms with van der Waals surface area (Å²) in [6, 6.07) is 0. The Morgan fingerprint density at radius 2 is 2.25 bits per heavy atom. The lowest BCUT2D eigenvalue weighted by molar-refractivity contribution is 0.325. The number of hydroxylamine groups is 1. The first-order valence-corrected chi connectivity index (χ1v) is 2.86. The summed E-state index contributed by atoms with van der Waals surface area (Å²) in [5.74, 6) is 5.26. The fraction of sp³-hybridized carbons (Fsp3) is 1.00.